The highest BCUT2D eigenvalue weighted by Gasteiger charge is 2.22. The van der Waals surface area contributed by atoms with Gasteiger partial charge >= 0.3 is 0 Å². The monoisotopic (exact) mass is 228 g/mol. The Balaban J connectivity index is 2.12. The molecule has 0 spiro atoms. The number of nitrogens with one attached hydrogen (secondary N) is 1. The Bertz CT molecular complexity index is 468. The third-order valence-electron chi connectivity index (χ3n) is 3.35. The molecule has 3 nitrogen and oxygen atoms in total. The molecule has 1 aromatic rings. The molecular weight excluding hydrogens is 212 g/mol. The number of nitriles is 1. The molecule has 1 aliphatic carbocycles. The van der Waals surface area contributed by atoms with Gasteiger partial charge in [-0.3, -0.25) is 4.79 Å². The molecule has 88 valence electrons. The number of amides is 1. The van der Waals surface area contributed by atoms with Gasteiger partial charge in [-0.25, -0.2) is 0 Å². The molecule has 3 heteroatoms. The minimum absolute atomic E-state index is 0.0979. The van der Waals surface area contributed by atoms with Crippen molar-refractivity contribution >= 4 is 11.6 Å². The second-order valence-corrected chi connectivity index (χ2v) is 4.61. The van der Waals surface area contributed by atoms with Crippen LogP contribution in [0.4, 0.5) is 5.69 Å². The Labute approximate surface area is 101 Å². The van der Waals surface area contributed by atoms with E-state index in [2.05, 4.69) is 11.4 Å². The zero-order chi connectivity index (χ0) is 12.3. The van der Waals surface area contributed by atoms with Crippen LogP contribution in [0.1, 0.15) is 36.8 Å². The summed E-state index contributed by atoms with van der Waals surface area (Å²) in [6.07, 6.45) is 4.27. The van der Waals surface area contributed by atoms with Crippen molar-refractivity contribution in [3.05, 3.63) is 29.3 Å². The van der Waals surface area contributed by atoms with Crippen LogP contribution in [0.2, 0.25) is 0 Å². The Hall–Kier alpha value is -1.82. The summed E-state index contributed by atoms with van der Waals surface area (Å²) >= 11 is 0. The first kappa shape index (κ1) is 11.7. The van der Waals surface area contributed by atoms with E-state index in [4.69, 9.17) is 5.26 Å². The van der Waals surface area contributed by atoms with Gasteiger partial charge in [0.15, 0.2) is 0 Å². The lowest BCUT2D eigenvalue weighted by atomic mass is 10.1. The Morgan fingerprint density at radius 3 is 2.76 bits per heavy atom. The van der Waals surface area contributed by atoms with Gasteiger partial charge in [0.2, 0.25) is 5.91 Å². The summed E-state index contributed by atoms with van der Waals surface area (Å²) in [6.45, 7) is 1.94. The van der Waals surface area contributed by atoms with E-state index in [1.807, 2.05) is 13.0 Å². The normalized spacial score (nSPS) is 15.5. The van der Waals surface area contributed by atoms with Crippen molar-refractivity contribution in [2.75, 3.05) is 5.32 Å². The predicted molar refractivity (Wildman–Crippen MR) is 66.5 cm³/mol. The van der Waals surface area contributed by atoms with Gasteiger partial charge in [-0.2, -0.15) is 5.26 Å². The van der Waals surface area contributed by atoms with Crippen LogP contribution in [0.3, 0.4) is 0 Å². The van der Waals surface area contributed by atoms with Crippen molar-refractivity contribution in [2.45, 2.75) is 32.6 Å². The highest BCUT2D eigenvalue weighted by atomic mass is 16.1. The standard InChI is InChI=1S/C14H16N2O/c1-10-6-7-11(9-15)8-13(10)16-14(17)12-4-2-3-5-12/h6-8,12H,2-5H2,1H3,(H,16,17). The summed E-state index contributed by atoms with van der Waals surface area (Å²) in [5.41, 5.74) is 2.34. The zero-order valence-corrected chi connectivity index (χ0v) is 9.99. The molecular formula is C14H16N2O. The van der Waals surface area contributed by atoms with Crippen LogP contribution < -0.4 is 5.32 Å². The fraction of sp³-hybridized carbons (Fsp3) is 0.429. The number of nitrogens with zero attached hydrogens (tertiary/aromatic N) is 1. The van der Waals surface area contributed by atoms with Crippen LogP contribution in [0, 0.1) is 24.2 Å². The van der Waals surface area contributed by atoms with Crippen LogP contribution in [-0.4, -0.2) is 5.91 Å². The number of benzene rings is 1. The van der Waals surface area contributed by atoms with Crippen molar-refractivity contribution < 1.29 is 4.79 Å². The second kappa shape index (κ2) is 5.01. The molecule has 1 aromatic carbocycles. The van der Waals surface area contributed by atoms with E-state index in [1.54, 1.807) is 12.1 Å². The molecule has 17 heavy (non-hydrogen) atoms. The van der Waals surface area contributed by atoms with E-state index >= 15 is 0 Å². The van der Waals surface area contributed by atoms with Crippen molar-refractivity contribution in [3.63, 3.8) is 0 Å². The zero-order valence-electron chi connectivity index (χ0n) is 9.99. The predicted octanol–water partition coefficient (Wildman–Crippen LogP) is 3.00. The summed E-state index contributed by atoms with van der Waals surface area (Å²) in [6, 6.07) is 7.45. The van der Waals surface area contributed by atoms with Crippen LogP contribution in [-0.2, 0) is 4.79 Å². The molecule has 1 N–H and O–H groups in total. The average molecular weight is 228 g/mol. The third kappa shape index (κ3) is 2.65. The summed E-state index contributed by atoms with van der Waals surface area (Å²) in [5, 5.41) is 11.8. The fourth-order valence-electron chi connectivity index (χ4n) is 2.25. The van der Waals surface area contributed by atoms with Crippen molar-refractivity contribution in [1.82, 2.24) is 0 Å². The molecule has 0 atom stereocenters. The highest BCUT2D eigenvalue weighted by molar-refractivity contribution is 5.93. The SMILES string of the molecule is Cc1ccc(C#N)cc1NC(=O)C1CCCC1. The van der Waals surface area contributed by atoms with Crippen molar-refractivity contribution in [2.24, 2.45) is 5.92 Å². The topological polar surface area (TPSA) is 52.9 Å². The Kier molecular flexibility index (Phi) is 3.43. The number of rotatable bonds is 2. The molecule has 0 saturated heterocycles. The molecule has 0 heterocycles. The maximum atomic E-state index is 12.0. The molecule has 1 amide bonds. The van der Waals surface area contributed by atoms with E-state index in [9.17, 15) is 4.79 Å². The number of aryl methyl sites for hydroxylation is 1. The summed E-state index contributed by atoms with van der Waals surface area (Å²) in [5.74, 6) is 0.251. The minimum Gasteiger partial charge on any atom is -0.326 e. The van der Waals surface area contributed by atoms with Gasteiger partial charge in [0, 0.05) is 11.6 Å². The largest absolute Gasteiger partial charge is 0.326 e. The van der Waals surface area contributed by atoms with E-state index in [0.717, 1.165) is 36.9 Å². The van der Waals surface area contributed by atoms with Crippen molar-refractivity contribution in [3.8, 4) is 6.07 Å². The number of carbonyl (C=O) groups excluding carboxylic acids is 1. The lowest BCUT2D eigenvalue weighted by Gasteiger charge is -2.12. The van der Waals surface area contributed by atoms with Gasteiger partial charge in [-0.05, 0) is 37.5 Å². The first-order valence-corrected chi connectivity index (χ1v) is 6.02. The van der Waals surface area contributed by atoms with E-state index < -0.39 is 0 Å². The van der Waals surface area contributed by atoms with E-state index in [1.165, 1.54) is 0 Å². The minimum atomic E-state index is 0.0979. The number of hydrogen-bond acceptors (Lipinski definition) is 2. The summed E-state index contributed by atoms with van der Waals surface area (Å²) in [7, 11) is 0. The molecule has 0 bridgehead atoms. The number of carbonyl (C=O) groups is 1. The van der Waals surface area contributed by atoms with Crippen molar-refractivity contribution in [1.29, 1.82) is 5.26 Å². The summed E-state index contributed by atoms with van der Waals surface area (Å²) in [4.78, 5) is 12.0. The third-order valence-corrected chi connectivity index (χ3v) is 3.35. The quantitative estimate of drug-likeness (QED) is 0.846. The maximum absolute atomic E-state index is 12.0. The average Bonchev–Trinajstić information content (AvgIpc) is 2.85. The van der Waals surface area contributed by atoms with Crippen LogP contribution in [0.25, 0.3) is 0 Å². The lowest BCUT2D eigenvalue weighted by molar-refractivity contribution is -0.119. The van der Waals surface area contributed by atoms with Gasteiger partial charge in [-0.15, -0.1) is 0 Å². The van der Waals surface area contributed by atoms with Gasteiger partial charge in [0.05, 0.1) is 11.6 Å². The van der Waals surface area contributed by atoms with Gasteiger partial charge in [-0.1, -0.05) is 18.9 Å². The molecule has 0 aromatic heterocycles. The Morgan fingerprint density at radius 2 is 2.12 bits per heavy atom. The molecule has 0 radical (unpaired) electrons. The number of anilines is 1. The molecule has 1 fully saturated rings. The van der Waals surface area contributed by atoms with E-state index in [0.29, 0.717) is 5.56 Å². The molecule has 1 saturated carbocycles. The molecule has 0 unspecified atom stereocenters. The van der Waals surface area contributed by atoms with Gasteiger partial charge in [0.1, 0.15) is 0 Å². The highest BCUT2D eigenvalue weighted by Crippen LogP contribution is 2.26. The molecule has 0 aliphatic heterocycles. The number of hydrogen-bond donors (Lipinski definition) is 1. The van der Waals surface area contributed by atoms with Crippen LogP contribution >= 0.6 is 0 Å². The Morgan fingerprint density at radius 1 is 1.41 bits per heavy atom. The second-order valence-electron chi connectivity index (χ2n) is 4.61. The van der Waals surface area contributed by atoms with Gasteiger partial charge in [0.25, 0.3) is 0 Å². The maximum Gasteiger partial charge on any atom is 0.227 e. The first-order chi connectivity index (χ1) is 8.20. The fourth-order valence-corrected chi connectivity index (χ4v) is 2.25. The smallest absolute Gasteiger partial charge is 0.227 e. The van der Waals surface area contributed by atoms with Crippen LogP contribution in [0.5, 0.6) is 0 Å². The lowest BCUT2D eigenvalue weighted by Crippen LogP contribution is -2.20. The molecule has 1 aliphatic rings. The first-order valence-electron chi connectivity index (χ1n) is 6.02. The summed E-state index contributed by atoms with van der Waals surface area (Å²) < 4.78 is 0. The van der Waals surface area contributed by atoms with Crippen LogP contribution in [0.15, 0.2) is 18.2 Å². The van der Waals surface area contributed by atoms with E-state index in [-0.39, 0.29) is 11.8 Å². The molecule has 2 rings (SSSR count). The van der Waals surface area contributed by atoms with Gasteiger partial charge < -0.3 is 5.32 Å².